The molecule has 0 saturated carbocycles. The number of carbonyl (C=O) groups excluding carboxylic acids is 1. The van der Waals surface area contributed by atoms with Crippen LogP contribution in [0.5, 0.6) is 5.75 Å². The lowest BCUT2D eigenvalue weighted by Crippen LogP contribution is -2.44. The summed E-state index contributed by atoms with van der Waals surface area (Å²) in [7, 11) is 1.69. The van der Waals surface area contributed by atoms with Crippen LogP contribution in [0.25, 0.3) is 0 Å². The average molecular weight is 350 g/mol. The molecule has 0 radical (unpaired) electrons. The maximum Gasteiger partial charge on any atom is 0.222 e. The summed E-state index contributed by atoms with van der Waals surface area (Å²) in [6.07, 6.45) is 1.42. The number of benzene rings is 1. The van der Waals surface area contributed by atoms with Crippen LogP contribution in [0.1, 0.15) is 32.3 Å². The molecule has 1 aromatic carbocycles. The van der Waals surface area contributed by atoms with E-state index in [4.69, 9.17) is 4.74 Å². The first kappa shape index (κ1) is 19.0. The first-order chi connectivity index (χ1) is 12.1. The van der Waals surface area contributed by atoms with E-state index in [-0.39, 0.29) is 23.5 Å². The number of ether oxygens (including phenoxy) is 1. The summed E-state index contributed by atoms with van der Waals surface area (Å²) in [6, 6.07) is 5.10. The highest BCUT2D eigenvalue weighted by Gasteiger charge is 2.25. The van der Waals surface area contributed by atoms with Crippen LogP contribution in [0.3, 0.4) is 0 Å². The maximum atomic E-state index is 13.9. The Morgan fingerprint density at radius 3 is 2.88 bits per heavy atom. The fraction of sp³-hybridized carbons (Fsp3) is 0.556. The molecular formula is C18H27FN4O2. The number of guanidine groups is 1. The fourth-order valence-electron chi connectivity index (χ4n) is 2.83. The van der Waals surface area contributed by atoms with E-state index in [1.165, 1.54) is 6.07 Å². The first-order valence-corrected chi connectivity index (χ1v) is 8.73. The van der Waals surface area contributed by atoms with Gasteiger partial charge in [-0.05, 0) is 31.0 Å². The molecule has 1 unspecified atom stereocenters. The van der Waals surface area contributed by atoms with Crippen LogP contribution >= 0.6 is 0 Å². The number of nitrogens with zero attached hydrogens (tertiary/aromatic N) is 2. The topological polar surface area (TPSA) is 66.0 Å². The molecule has 1 fully saturated rings. The SMILES string of the molecule is CCOc1ccc(CNC(=NC)NC2CCN(C(=O)CC)C2)cc1F. The molecule has 2 N–H and O–H groups in total. The number of hydrogen-bond acceptors (Lipinski definition) is 3. The van der Waals surface area contributed by atoms with Gasteiger partial charge in [0.15, 0.2) is 17.5 Å². The molecule has 25 heavy (non-hydrogen) atoms. The number of hydrogen-bond donors (Lipinski definition) is 2. The lowest BCUT2D eigenvalue weighted by molar-refractivity contribution is -0.129. The lowest BCUT2D eigenvalue weighted by atomic mass is 10.2. The molecular weight excluding hydrogens is 323 g/mol. The molecule has 138 valence electrons. The summed E-state index contributed by atoms with van der Waals surface area (Å²) < 4.78 is 19.1. The number of rotatable bonds is 6. The monoisotopic (exact) mass is 350 g/mol. The van der Waals surface area contributed by atoms with Gasteiger partial charge in [-0.1, -0.05) is 13.0 Å². The van der Waals surface area contributed by atoms with E-state index < -0.39 is 0 Å². The summed E-state index contributed by atoms with van der Waals surface area (Å²) in [6.45, 7) is 6.04. The predicted octanol–water partition coefficient (Wildman–Crippen LogP) is 1.90. The number of aliphatic imine (C=N–C) groups is 1. The van der Waals surface area contributed by atoms with Crippen LogP contribution in [0.4, 0.5) is 4.39 Å². The molecule has 0 aromatic heterocycles. The van der Waals surface area contributed by atoms with Crippen molar-refractivity contribution in [1.29, 1.82) is 0 Å². The summed E-state index contributed by atoms with van der Waals surface area (Å²) in [5, 5.41) is 6.49. The second kappa shape index (κ2) is 9.25. The minimum absolute atomic E-state index is 0.178. The molecule has 0 aliphatic carbocycles. The van der Waals surface area contributed by atoms with E-state index in [9.17, 15) is 9.18 Å². The number of amides is 1. The highest BCUT2D eigenvalue weighted by atomic mass is 19.1. The Morgan fingerprint density at radius 1 is 1.44 bits per heavy atom. The maximum absolute atomic E-state index is 13.9. The minimum Gasteiger partial charge on any atom is -0.491 e. The van der Waals surface area contributed by atoms with Gasteiger partial charge in [0.1, 0.15) is 0 Å². The fourth-order valence-corrected chi connectivity index (χ4v) is 2.83. The normalized spacial score (nSPS) is 17.5. The first-order valence-electron chi connectivity index (χ1n) is 8.73. The lowest BCUT2D eigenvalue weighted by Gasteiger charge is -2.19. The Kier molecular flexibility index (Phi) is 7.03. The van der Waals surface area contributed by atoms with Crippen molar-refractivity contribution in [2.45, 2.75) is 39.3 Å². The molecule has 1 aromatic rings. The largest absolute Gasteiger partial charge is 0.491 e. The second-order valence-electron chi connectivity index (χ2n) is 5.95. The summed E-state index contributed by atoms with van der Waals surface area (Å²) in [5.41, 5.74) is 0.804. The number of carbonyl (C=O) groups is 1. The summed E-state index contributed by atoms with van der Waals surface area (Å²) in [4.78, 5) is 17.8. The van der Waals surface area contributed by atoms with Crippen molar-refractivity contribution in [3.8, 4) is 5.75 Å². The van der Waals surface area contributed by atoms with Crippen molar-refractivity contribution in [3.05, 3.63) is 29.6 Å². The van der Waals surface area contributed by atoms with Gasteiger partial charge in [0.25, 0.3) is 0 Å². The van der Waals surface area contributed by atoms with Crippen molar-refractivity contribution in [2.24, 2.45) is 4.99 Å². The molecule has 0 bridgehead atoms. The zero-order valence-corrected chi connectivity index (χ0v) is 15.1. The Hall–Kier alpha value is -2.31. The zero-order valence-electron chi connectivity index (χ0n) is 15.1. The zero-order chi connectivity index (χ0) is 18.2. The molecule has 1 amide bonds. The minimum atomic E-state index is -0.367. The van der Waals surface area contributed by atoms with Crippen LogP contribution in [-0.4, -0.2) is 49.6 Å². The highest BCUT2D eigenvalue weighted by Crippen LogP contribution is 2.18. The molecule has 1 atom stereocenters. The van der Waals surface area contributed by atoms with Crippen LogP contribution in [0.2, 0.25) is 0 Å². The van der Waals surface area contributed by atoms with Gasteiger partial charge in [-0.3, -0.25) is 9.79 Å². The molecule has 1 aliphatic heterocycles. The Labute approximate surface area is 148 Å². The van der Waals surface area contributed by atoms with Gasteiger partial charge in [0.05, 0.1) is 6.61 Å². The third-order valence-corrected chi connectivity index (χ3v) is 4.16. The van der Waals surface area contributed by atoms with Gasteiger partial charge in [-0.25, -0.2) is 4.39 Å². The molecule has 2 rings (SSSR count). The van der Waals surface area contributed by atoms with Crippen molar-refractivity contribution < 1.29 is 13.9 Å². The average Bonchev–Trinajstić information content (AvgIpc) is 3.08. The van der Waals surface area contributed by atoms with Gasteiger partial charge >= 0.3 is 0 Å². The quantitative estimate of drug-likeness (QED) is 0.607. The van der Waals surface area contributed by atoms with Gasteiger partial charge in [0, 0.05) is 39.1 Å². The molecule has 1 aliphatic rings. The number of likely N-dealkylation sites (tertiary alicyclic amines) is 1. The molecule has 1 saturated heterocycles. The van der Waals surface area contributed by atoms with Crippen LogP contribution < -0.4 is 15.4 Å². The third kappa shape index (κ3) is 5.34. The van der Waals surface area contributed by atoms with Crippen molar-refractivity contribution in [2.75, 3.05) is 26.7 Å². The van der Waals surface area contributed by atoms with E-state index in [1.807, 2.05) is 24.8 Å². The predicted molar refractivity (Wildman–Crippen MR) is 96.2 cm³/mol. The Balaban J connectivity index is 1.85. The molecule has 1 heterocycles. The van der Waals surface area contributed by atoms with Crippen molar-refractivity contribution >= 4 is 11.9 Å². The highest BCUT2D eigenvalue weighted by molar-refractivity contribution is 5.80. The summed E-state index contributed by atoms with van der Waals surface area (Å²) in [5.74, 6) is 0.719. The van der Waals surface area contributed by atoms with Crippen LogP contribution in [0, 0.1) is 5.82 Å². The molecule has 7 heteroatoms. The number of nitrogens with one attached hydrogen (secondary N) is 2. The third-order valence-electron chi connectivity index (χ3n) is 4.16. The Bertz CT molecular complexity index is 621. The van der Waals surface area contributed by atoms with E-state index in [2.05, 4.69) is 15.6 Å². The van der Waals surface area contributed by atoms with E-state index >= 15 is 0 Å². The van der Waals surface area contributed by atoms with E-state index in [1.54, 1.807) is 13.1 Å². The van der Waals surface area contributed by atoms with Gasteiger partial charge < -0.3 is 20.3 Å². The van der Waals surface area contributed by atoms with E-state index in [0.717, 1.165) is 18.5 Å². The second-order valence-corrected chi connectivity index (χ2v) is 5.95. The van der Waals surface area contributed by atoms with Gasteiger partial charge in [-0.15, -0.1) is 0 Å². The van der Waals surface area contributed by atoms with Crippen LogP contribution in [0.15, 0.2) is 23.2 Å². The Morgan fingerprint density at radius 2 is 2.24 bits per heavy atom. The smallest absolute Gasteiger partial charge is 0.222 e. The molecule has 6 nitrogen and oxygen atoms in total. The number of halogens is 1. The van der Waals surface area contributed by atoms with Crippen molar-refractivity contribution in [3.63, 3.8) is 0 Å². The van der Waals surface area contributed by atoms with Gasteiger partial charge in [-0.2, -0.15) is 0 Å². The summed E-state index contributed by atoms with van der Waals surface area (Å²) >= 11 is 0. The van der Waals surface area contributed by atoms with Gasteiger partial charge in [0.2, 0.25) is 5.91 Å². The van der Waals surface area contributed by atoms with Crippen LogP contribution in [-0.2, 0) is 11.3 Å². The standard InChI is InChI=1S/C18H27FN4O2/c1-4-17(24)23-9-8-14(12-23)22-18(20-3)21-11-13-6-7-16(25-5-2)15(19)10-13/h6-7,10,14H,4-5,8-9,11-12H2,1-3H3,(H2,20,21,22). The van der Waals surface area contributed by atoms with Crippen molar-refractivity contribution in [1.82, 2.24) is 15.5 Å². The molecule has 0 spiro atoms. The van der Waals surface area contributed by atoms with E-state index in [0.29, 0.717) is 32.1 Å².